The zero-order valence-corrected chi connectivity index (χ0v) is 15.1. The summed E-state index contributed by atoms with van der Waals surface area (Å²) in [4.78, 5) is -0.172. The molecule has 26 heavy (non-hydrogen) atoms. The Morgan fingerprint density at radius 2 is 1.04 bits per heavy atom. The molecular weight excluding hydrogens is 394 g/mol. The van der Waals surface area contributed by atoms with Crippen molar-refractivity contribution in [1.29, 1.82) is 0 Å². The third kappa shape index (κ3) is 5.88. The van der Waals surface area contributed by atoms with Crippen LogP contribution in [0.25, 0.3) is 0 Å². The van der Waals surface area contributed by atoms with Crippen LogP contribution in [0.3, 0.4) is 0 Å². The average Bonchev–Trinajstić information content (AvgIpc) is 2.53. The molecule has 0 atom stereocenters. The fourth-order valence-electron chi connectivity index (χ4n) is 2.13. The molecule has 0 radical (unpaired) electrons. The second kappa shape index (κ2) is 10.7. The summed E-state index contributed by atoms with van der Waals surface area (Å²) in [5, 5.41) is 0. The van der Waals surface area contributed by atoms with Crippen molar-refractivity contribution in [2.75, 3.05) is 13.1 Å². The summed E-state index contributed by atoms with van der Waals surface area (Å²) >= 11 is 0. The SMILES string of the molecule is Cc1ccc(S(=O)(=O)N(CCN)S(=O)(=O)c2ccc(C)cc2)cc1.[NaH].[NaH]. The minimum atomic E-state index is -4.23. The van der Waals surface area contributed by atoms with Gasteiger partial charge < -0.3 is 5.73 Å². The molecule has 2 N–H and O–H groups in total. The summed E-state index contributed by atoms with van der Waals surface area (Å²) in [6.07, 6.45) is 0. The van der Waals surface area contributed by atoms with Gasteiger partial charge in [0.15, 0.2) is 0 Å². The van der Waals surface area contributed by atoms with E-state index in [2.05, 4.69) is 0 Å². The summed E-state index contributed by atoms with van der Waals surface area (Å²) < 4.78 is 51.7. The maximum atomic E-state index is 12.8. The van der Waals surface area contributed by atoms with Gasteiger partial charge in [-0.2, -0.15) is 0 Å². The molecule has 0 aliphatic heterocycles. The fourth-order valence-corrected chi connectivity index (χ4v) is 5.80. The van der Waals surface area contributed by atoms with E-state index in [1.807, 2.05) is 13.8 Å². The molecule has 0 saturated heterocycles. The molecule has 0 aromatic heterocycles. The van der Waals surface area contributed by atoms with Gasteiger partial charge in [-0.1, -0.05) is 39.1 Å². The van der Waals surface area contributed by atoms with E-state index in [0.717, 1.165) is 11.1 Å². The first-order chi connectivity index (χ1) is 11.2. The monoisotopic (exact) mass is 416 g/mol. The standard InChI is InChI=1S/C16H20N2O4S2.2Na.2H/c1-13-3-7-15(8-4-13)23(19,20)18(12-11-17)24(21,22)16-9-5-14(2)6-10-16;;;;/h3-10H,11-12,17H2,1-2H3;;;;. The summed E-state index contributed by atoms with van der Waals surface area (Å²) in [7, 11) is -8.46. The van der Waals surface area contributed by atoms with Crippen molar-refractivity contribution < 1.29 is 16.8 Å². The van der Waals surface area contributed by atoms with Crippen molar-refractivity contribution in [3.63, 3.8) is 0 Å². The van der Waals surface area contributed by atoms with Gasteiger partial charge in [0.1, 0.15) is 0 Å². The van der Waals surface area contributed by atoms with E-state index in [4.69, 9.17) is 5.73 Å². The fraction of sp³-hybridized carbons (Fsp3) is 0.250. The van der Waals surface area contributed by atoms with Crippen LogP contribution in [-0.4, -0.2) is 92.8 Å². The van der Waals surface area contributed by atoms with Crippen molar-refractivity contribution in [3.8, 4) is 0 Å². The van der Waals surface area contributed by atoms with Crippen LogP contribution in [0.15, 0.2) is 58.3 Å². The molecule has 0 aliphatic carbocycles. The van der Waals surface area contributed by atoms with Crippen LogP contribution in [0.2, 0.25) is 0 Å². The normalized spacial score (nSPS) is 11.5. The van der Waals surface area contributed by atoms with Crippen LogP contribution >= 0.6 is 0 Å². The summed E-state index contributed by atoms with van der Waals surface area (Å²) in [5.74, 6) is 0. The zero-order valence-electron chi connectivity index (χ0n) is 13.5. The molecule has 6 nitrogen and oxygen atoms in total. The van der Waals surface area contributed by atoms with Crippen LogP contribution in [-0.2, 0) is 20.0 Å². The van der Waals surface area contributed by atoms with Gasteiger partial charge in [0.2, 0.25) is 0 Å². The Morgan fingerprint density at radius 3 is 1.31 bits per heavy atom. The second-order valence-corrected chi connectivity index (χ2v) is 9.38. The number of hydrogen-bond acceptors (Lipinski definition) is 5. The minimum absolute atomic E-state index is 0. The van der Waals surface area contributed by atoms with Crippen molar-refractivity contribution in [1.82, 2.24) is 3.71 Å². The third-order valence-electron chi connectivity index (χ3n) is 3.49. The topological polar surface area (TPSA) is 97.5 Å². The zero-order chi connectivity index (χ0) is 18.0. The molecule has 2 aromatic rings. The average molecular weight is 416 g/mol. The van der Waals surface area contributed by atoms with Gasteiger partial charge in [-0.15, -0.1) is 0 Å². The summed E-state index contributed by atoms with van der Waals surface area (Å²) in [5.41, 5.74) is 7.21. The molecule has 0 saturated carbocycles. The maximum absolute atomic E-state index is 12.8. The van der Waals surface area contributed by atoms with Crippen LogP contribution in [0.5, 0.6) is 0 Å². The predicted molar refractivity (Wildman–Crippen MR) is 107 cm³/mol. The first kappa shape index (κ1) is 26.3. The molecule has 2 aromatic carbocycles. The number of sulfonamides is 2. The van der Waals surface area contributed by atoms with Crippen LogP contribution in [0.1, 0.15) is 11.1 Å². The van der Waals surface area contributed by atoms with Gasteiger partial charge >= 0.3 is 59.1 Å². The molecule has 0 unspecified atom stereocenters. The van der Waals surface area contributed by atoms with E-state index >= 15 is 0 Å². The molecular formula is C16H22N2Na2O4S2. The Hall–Kier alpha value is 0.260. The number of hydrogen-bond donors (Lipinski definition) is 1. The van der Waals surface area contributed by atoms with Crippen LogP contribution < -0.4 is 5.73 Å². The van der Waals surface area contributed by atoms with Crippen molar-refractivity contribution in [2.24, 2.45) is 5.73 Å². The van der Waals surface area contributed by atoms with Gasteiger partial charge in [0.05, 0.1) is 9.79 Å². The molecule has 2 rings (SSSR count). The number of nitrogens with zero attached hydrogens (tertiary/aromatic N) is 1. The predicted octanol–water partition coefficient (Wildman–Crippen LogP) is 0.345. The first-order valence-corrected chi connectivity index (χ1v) is 10.2. The van der Waals surface area contributed by atoms with Crippen LogP contribution in [0, 0.1) is 13.8 Å². The molecule has 0 aliphatic rings. The van der Waals surface area contributed by atoms with E-state index in [1.165, 1.54) is 24.3 Å². The quantitative estimate of drug-likeness (QED) is 0.685. The molecule has 0 fully saturated rings. The van der Waals surface area contributed by atoms with Gasteiger partial charge in [-0.3, -0.25) is 0 Å². The van der Waals surface area contributed by atoms with E-state index < -0.39 is 20.0 Å². The number of aryl methyl sites for hydroxylation is 2. The molecule has 0 bridgehead atoms. The number of nitrogens with two attached hydrogens (primary N) is 1. The molecule has 10 heteroatoms. The Morgan fingerprint density at radius 1 is 0.731 bits per heavy atom. The van der Waals surface area contributed by atoms with Crippen molar-refractivity contribution >= 4 is 79.2 Å². The van der Waals surface area contributed by atoms with Crippen molar-refractivity contribution in [2.45, 2.75) is 23.6 Å². The van der Waals surface area contributed by atoms with Gasteiger partial charge in [0.25, 0.3) is 20.0 Å². The van der Waals surface area contributed by atoms with Gasteiger partial charge in [0, 0.05) is 13.1 Å². The van der Waals surface area contributed by atoms with Crippen LogP contribution in [0.4, 0.5) is 0 Å². The Balaban J connectivity index is 0.00000312. The van der Waals surface area contributed by atoms with Gasteiger partial charge in [-0.05, 0) is 38.1 Å². The second-order valence-electron chi connectivity index (χ2n) is 5.42. The molecule has 0 spiro atoms. The molecule has 0 heterocycles. The Bertz CT molecular complexity index is 838. The molecule has 134 valence electrons. The van der Waals surface area contributed by atoms with Gasteiger partial charge in [-0.25, -0.2) is 16.8 Å². The van der Waals surface area contributed by atoms with E-state index in [-0.39, 0.29) is 82.0 Å². The van der Waals surface area contributed by atoms with E-state index in [9.17, 15) is 16.8 Å². The molecule has 0 amide bonds. The summed E-state index contributed by atoms with van der Waals surface area (Å²) in [6, 6.07) is 12.0. The summed E-state index contributed by atoms with van der Waals surface area (Å²) in [6.45, 7) is 3.19. The van der Waals surface area contributed by atoms with E-state index in [0.29, 0.717) is 3.71 Å². The number of rotatable bonds is 6. The Kier molecular flexibility index (Phi) is 10.8. The number of benzene rings is 2. The Labute approximate surface area is 199 Å². The third-order valence-corrected chi connectivity index (χ3v) is 7.84. The van der Waals surface area contributed by atoms with E-state index in [1.54, 1.807) is 24.3 Å². The first-order valence-electron chi connectivity index (χ1n) is 7.31. The van der Waals surface area contributed by atoms with Crippen molar-refractivity contribution in [3.05, 3.63) is 59.7 Å².